The predicted octanol–water partition coefficient (Wildman–Crippen LogP) is 2.89. The van der Waals surface area contributed by atoms with Gasteiger partial charge in [0.05, 0.1) is 41.8 Å². The normalized spacial score (nSPS) is 10.9. The van der Waals surface area contributed by atoms with Gasteiger partial charge in [0, 0.05) is 6.92 Å². The molecule has 0 unspecified atom stereocenters. The largest absolute Gasteiger partial charge is 0.465 e. The molecular formula is C19H18F3N3O5S. The number of primary sulfonamides is 1. The fourth-order valence-electron chi connectivity index (χ4n) is 2.40. The minimum atomic E-state index is -4.75. The van der Waals surface area contributed by atoms with Gasteiger partial charge >= 0.3 is 12.1 Å². The van der Waals surface area contributed by atoms with Gasteiger partial charge in [-0.2, -0.15) is 18.4 Å². The minimum Gasteiger partial charge on any atom is -0.465 e. The number of rotatable bonds is 3. The summed E-state index contributed by atoms with van der Waals surface area (Å²) in [6, 6.07) is 9.09. The van der Waals surface area contributed by atoms with Gasteiger partial charge in [-0.25, -0.2) is 18.4 Å². The zero-order valence-electron chi connectivity index (χ0n) is 16.6. The number of nitrogens with zero attached hydrogens (tertiary/aromatic N) is 1. The molecule has 0 aromatic heterocycles. The van der Waals surface area contributed by atoms with Gasteiger partial charge in [-0.15, -0.1) is 0 Å². The Kier molecular flexibility index (Phi) is 8.30. The Balaban J connectivity index is 0.000000861. The zero-order valence-corrected chi connectivity index (χ0v) is 17.4. The number of esters is 1. The van der Waals surface area contributed by atoms with E-state index in [0.29, 0.717) is 6.07 Å². The van der Waals surface area contributed by atoms with Crippen molar-refractivity contribution in [2.45, 2.75) is 13.1 Å². The Hall–Kier alpha value is -3.43. The van der Waals surface area contributed by atoms with Crippen LogP contribution in [-0.4, -0.2) is 33.7 Å². The lowest BCUT2D eigenvalue weighted by atomic mass is 9.94. The average molecular weight is 457 g/mol. The quantitative estimate of drug-likeness (QED) is 0.680. The lowest BCUT2D eigenvalue weighted by molar-refractivity contribution is -0.137. The molecule has 1 amide bonds. The summed E-state index contributed by atoms with van der Waals surface area (Å²) in [5.41, 5.74) is -1.62. The molecule has 2 aromatic rings. The summed E-state index contributed by atoms with van der Waals surface area (Å²) >= 11 is 0. The minimum absolute atomic E-state index is 0.107. The van der Waals surface area contributed by atoms with E-state index in [2.05, 4.69) is 15.2 Å². The first-order valence-corrected chi connectivity index (χ1v) is 10.2. The van der Waals surface area contributed by atoms with Gasteiger partial charge in [0.15, 0.2) is 0 Å². The summed E-state index contributed by atoms with van der Waals surface area (Å²) in [5, 5.41) is 15.5. The third-order valence-corrected chi connectivity index (χ3v) is 3.48. The second-order valence-electron chi connectivity index (χ2n) is 6.14. The topological polar surface area (TPSA) is 139 Å². The number of benzene rings is 2. The highest BCUT2D eigenvalue weighted by Gasteiger charge is 2.35. The number of anilines is 1. The number of methoxy groups -OCH3 is 1. The summed E-state index contributed by atoms with van der Waals surface area (Å²) in [6.07, 6.45) is -3.81. The van der Waals surface area contributed by atoms with Crippen molar-refractivity contribution >= 4 is 27.6 Å². The van der Waals surface area contributed by atoms with Crippen LogP contribution in [0.25, 0.3) is 11.1 Å². The third-order valence-electron chi connectivity index (χ3n) is 3.48. The zero-order chi connectivity index (χ0) is 24.0. The maximum absolute atomic E-state index is 13.6. The van der Waals surface area contributed by atoms with Crippen molar-refractivity contribution in [2.75, 3.05) is 18.7 Å². The van der Waals surface area contributed by atoms with E-state index < -0.39 is 33.6 Å². The highest BCUT2D eigenvalue weighted by molar-refractivity contribution is 7.88. The number of alkyl halides is 3. The highest BCUT2D eigenvalue weighted by Crippen LogP contribution is 2.40. The van der Waals surface area contributed by atoms with E-state index in [0.717, 1.165) is 26.4 Å². The number of carbonyl (C=O) groups is 2. The summed E-state index contributed by atoms with van der Waals surface area (Å²) < 4.78 is 64.1. The van der Waals surface area contributed by atoms with E-state index >= 15 is 0 Å². The Morgan fingerprint density at radius 1 is 1.19 bits per heavy atom. The molecule has 0 aliphatic heterocycles. The summed E-state index contributed by atoms with van der Waals surface area (Å²) in [5.74, 6) is -1.54. The van der Waals surface area contributed by atoms with Crippen molar-refractivity contribution < 1.29 is 35.9 Å². The Bertz CT molecular complexity index is 1130. The number of sulfonamides is 1. The van der Waals surface area contributed by atoms with E-state index in [1.807, 2.05) is 6.07 Å². The van der Waals surface area contributed by atoms with E-state index in [-0.39, 0.29) is 27.9 Å². The van der Waals surface area contributed by atoms with Gasteiger partial charge in [0.1, 0.15) is 0 Å². The first-order valence-electron chi connectivity index (χ1n) is 8.26. The number of hydrogen-bond acceptors (Lipinski definition) is 6. The molecule has 8 nitrogen and oxygen atoms in total. The van der Waals surface area contributed by atoms with E-state index in [1.165, 1.54) is 24.3 Å². The molecule has 2 aromatic carbocycles. The molecule has 0 fully saturated rings. The summed E-state index contributed by atoms with van der Waals surface area (Å²) in [4.78, 5) is 23.3. The third kappa shape index (κ3) is 8.07. The van der Waals surface area contributed by atoms with Crippen LogP contribution in [0.1, 0.15) is 28.4 Å². The molecule has 0 aliphatic carbocycles. The van der Waals surface area contributed by atoms with Crippen LogP contribution in [-0.2, 0) is 25.7 Å². The monoisotopic (exact) mass is 457 g/mol. The number of halogens is 3. The standard InChI is InChI=1S/C18H13F3N2O3.CH5NO2S/c1-10(24)23-16-8-15(18(19,20)21)13(7-14(16)17(25)26-2)12-5-3-4-11(6-12)9-22;1-5(2,3)4/h3-8H,1-2H3,(H,23,24);1H3,(H2,2,3,4). The number of hydrogen-bond donors (Lipinski definition) is 2. The SMILES string of the molecule is COC(=O)c1cc(-c2cccc(C#N)c2)c(C(F)(F)F)cc1NC(C)=O.CS(N)(=O)=O. The lowest BCUT2D eigenvalue weighted by Gasteiger charge is -2.18. The molecule has 0 aliphatic rings. The molecule has 2 rings (SSSR count). The fraction of sp³-hybridized carbons (Fsp3) is 0.211. The fourth-order valence-corrected chi connectivity index (χ4v) is 2.40. The Morgan fingerprint density at radius 3 is 2.23 bits per heavy atom. The molecule has 0 spiro atoms. The van der Waals surface area contributed by atoms with Crippen molar-refractivity contribution in [3.8, 4) is 17.2 Å². The predicted molar refractivity (Wildman–Crippen MR) is 106 cm³/mol. The van der Waals surface area contributed by atoms with Crippen LogP contribution < -0.4 is 10.5 Å². The van der Waals surface area contributed by atoms with E-state index in [1.54, 1.807) is 0 Å². The van der Waals surface area contributed by atoms with Crippen molar-refractivity contribution in [1.29, 1.82) is 5.26 Å². The Labute approximate surface area is 176 Å². The number of nitriles is 1. The van der Waals surface area contributed by atoms with Gasteiger partial charge in [-0.1, -0.05) is 12.1 Å². The van der Waals surface area contributed by atoms with Crippen molar-refractivity contribution in [3.05, 3.63) is 53.1 Å². The van der Waals surface area contributed by atoms with Crippen LogP contribution in [0, 0.1) is 11.3 Å². The smallest absolute Gasteiger partial charge is 0.417 e. The number of nitrogens with two attached hydrogens (primary N) is 1. The molecule has 31 heavy (non-hydrogen) atoms. The molecule has 0 saturated heterocycles. The van der Waals surface area contributed by atoms with Crippen molar-refractivity contribution in [1.82, 2.24) is 0 Å². The maximum Gasteiger partial charge on any atom is 0.417 e. The van der Waals surface area contributed by atoms with Crippen LogP contribution in [0.5, 0.6) is 0 Å². The Morgan fingerprint density at radius 2 is 1.77 bits per heavy atom. The molecule has 166 valence electrons. The molecule has 0 atom stereocenters. The van der Waals surface area contributed by atoms with Crippen LogP contribution in [0.15, 0.2) is 36.4 Å². The van der Waals surface area contributed by atoms with Crippen LogP contribution in [0.4, 0.5) is 18.9 Å². The summed E-state index contributed by atoms with van der Waals surface area (Å²) in [7, 11) is -2.09. The van der Waals surface area contributed by atoms with E-state index in [9.17, 15) is 31.2 Å². The van der Waals surface area contributed by atoms with Crippen molar-refractivity contribution in [2.24, 2.45) is 5.14 Å². The second-order valence-corrected chi connectivity index (χ2v) is 7.80. The second kappa shape index (κ2) is 10.1. The molecular weight excluding hydrogens is 439 g/mol. The average Bonchev–Trinajstić information content (AvgIpc) is 2.64. The number of amides is 1. The molecule has 0 radical (unpaired) electrons. The maximum atomic E-state index is 13.6. The van der Waals surface area contributed by atoms with Gasteiger partial charge in [0.25, 0.3) is 0 Å². The molecule has 0 bridgehead atoms. The first kappa shape index (κ1) is 25.6. The highest BCUT2D eigenvalue weighted by atomic mass is 32.2. The van der Waals surface area contributed by atoms with Crippen LogP contribution in [0.2, 0.25) is 0 Å². The van der Waals surface area contributed by atoms with Gasteiger partial charge in [0.2, 0.25) is 15.9 Å². The van der Waals surface area contributed by atoms with Crippen LogP contribution in [0.3, 0.4) is 0 Å². The number of carbonyl (C=O) groups excluding carboxylic acids is 2. The van der Waals surface area contributed by atoms with Gasteiger partial charge < -0.3 is 10.1 Å². The molecule has 0 saturated carbocycles. The van der Waals surface area contributed by atoms with Gasteiger partial charge in [-0.05, 0) is 35.4 Å². The lowest BCUT2D eigenvalue weighted by Crippen LogP contribution is -2.16. The van der Waals surface area contributed by atoms with Crippen molar-refractivity contribution in [3.63, 3.8) is 0 Å². The van der Waals surface area contributed by atoms with Crippen LogP contribution >= 0.6 is 0 Å². The molecule has 0 heterocycles. The first-order chi connectivity index (χ1) is 14.2. The van der Waals surface area contributed by atoms with E-state index in [4.69, 9.17) is 5.26 Å². The number of nitrogens with one attached hydrogen (secondary N) is 1. The summed E-state index contributed by atoms with van der Waals surface area (Å²) in [6.45, 7) is 1.11. The molecule has 12 heteroatoms. The molecule has 3 N–H and O–H groups in total. The number of ether oxygens (including phenoxy) is 1. The van der Waals surface area contributed by atoms with Gasteiger partial charge in [-0.3, -0.25) is 4.79 Å².